The second-order valence-corrected chi connectivity index (χ2v) is 6.74. The summed E-state index contributed by atoms with van der Waals surface area (Å²) in [5, 5.41) is 9.68. The fourth-order valence-corrected chi connectivity index (χ4v) is 3.16. The smallest absolute Gasteiger partial charge is 0.217 e. The van der Waals surface area contributed by atoms with Crippen molar-refractivity contribution < 1.29 is 4.79 Å². The van der Waals surface area contributed by atoms with Gasteiger partial charge in [0.05, 0.1) is 5.69 Å². The summed E-state index contributed by atoms with van der Waals surface area (Å²) in [6, 6.07) is 6.24. The van der Waals surface area contributed by atoms with Gasteiger partial charge in [-0.25, -0.2) is 9.97 Å². The van der Waals surface area contributed by atoms with Crippen LogP contribution in [0.2, 0.25) is 0 Å². The van der Waals surface area contributed by atoms with Gasteiger partial charge in [0, 0.05) is 56.1 Å². The van der Waals surface area contributed by atoms with E-state index in [1.54, 1.807) is 13.1 Å². The number of amides is 1. The van der Waals surface area contributed by atoms with Crippen molar-refractivity contribution in [2.75, 3.05) is 23.7 Å². The second-order valence-electron chi connectivity index (χ2n) is 6.74. The van der Waals surface area contributed by atoms with Crippen LogP contribution in [0.25, 0.3) is 0 Å². The lowest BCUT2D eigenvalue weighted by molar-refractivity contribution is -0.120. The van der Waals surface area contributed by atoms with Gasteiger partial charge in [-0.1, -0.05) is 0 Å². The molecule has 1 fully saturated rings. The van der Waals surface area contributed by atoms with Crippen LogP contribution >= 0.6 is 0 Å². The maximum absolute atomic E-state index is 11.1. The van der Waals surface area contributed by atoms with Crippen LogP contribution < -0.4 is 16.0 Å². The normalized spacial score (nSPS) is 18.7. The van der Waals surface area contributed by atoms with E-state index in [0.717, 1.165) is 55.4 Å². The molecule has 2 aromatic rings. The SMILES string of the molecule is CC(=O)NC1CC(c2cc(NCCCNc3cccnc3)nc(C)n2)C1. The number of rotatable bonds is 8. The average molecular weight is 354 g/mol. The molecule has 1 amide bonds. The Morgan fingerprint density at radius 2 is 2.04 bits per heavy atom. The molecule has 7 heteroatoms. The van der Waals surface area contributed by atoms with Crippen LogP contribution in [0.15, 0.2) is 30.6 Å². The number of aromatic nitrogens is 3. The molecule has 0 bridgehead atoms. The van der Waals surface area contributed by atoms with Gasteiger partial charge >= 0.3 is 0 Å². The van der Waals surface area contributed by atoms with E-state index in [2.05, 4.69) is 30.9 Å². The average Bonchev–Trinajstić information content (AvgIpc) is 2.57. The first-order valence-corrected chi connectivity index (χ1v) is 9.10. The lowest BCUT2D eigenvalue weighted by Crippen LogP contribution is -2.42. The van der Waals surface area contributed by atoms with Crippen LogP contribution in [-0.4, -0.2) is 40.0 Å². The van der Waals surface area contributed by atoms with Crippen LogP contribution in [-0.2, 0) is 4.79 Å². The molecule has 3 rings (SSSR count). The summed E-state index contributed by atoms with van der Waals surface area (Å²) in [6.07, 6.45) is 6.46. The lowest BCUT2D eigenvalue weighted by atomic mass is 9.78. The summed E-state index contributed by atoms with van der Waals surface area (Å²) >= 11 is 0. The standard InChI is InChI=1S/C19H26N6O/c1-13-23-18(15-9-17(10-15)25-14(2)26)11-19(24-13)22-8-4-7-21-16-5-3-6-20-12-16/h3,5-6,11-12,15,17,21H,4,7-10H2,1-2H3,(H,25,26)(H,22,23,24). The molecule has 0 aliphatic heterocycles. The third-order valence-corrected chi connectivity index (χ3v) is 4.47. The summed E-state index contributed by atoms with van der Waals surface area (Å²) in [6.45, 7) is 5.19. The highest BCUT2D eigenvalue weighted by Crippen LogP contribution is 2.36. The monoisotopic (exact) mass is 354 g/mol. The molecule has 1 saturated carbocycles. The van der Waals surface area contributed by atoms with Crippen LogP contribution in [0, 0.1) is 6.92 Å². The Hall–Kier alpha value is -2.70. The minimum absolute atomic E-state index is 0.0366. The van der Waals surface area contributed by atoms with Gasteiger partial charge in [-0.3, -0.25) is 9.78 Å². The van der Waals surface area contributed by atoms with Gasteiger partial charge in [0.15, 0.2) is 0 Å². The number of pyridine rings is 1. The number of anilines is 2. The van der Waals surface area contributed by atoms with Gasteiger partial charge in [-0.05, 0) is 38.3 Å². The zero-order valence-corrected chi connectivity index (χ0v) is 15.3. The molecular weight excluding hydrogens is 328 g/mol. The number of aryl methyl sites for hydroxylation is 1. The molecule has 0 saturated heterocycles. The van der Waals surface area contributed by atoms with Gasteiger partial charge in [0.1, 0.15) is 11.6 Å². The minimum Gasteiger partial charge on any atom is -0.384 e. The fourth-order valence-electron chi connectivity index (χ4n) is 3.16. The number of carbonyl (C=O) groups is 1. The van der Waals surface area contributed by atoms with Crippen LogP contribution in [0.4, 0.5) is 11.5 Å². The van der Waals surface area contributed by atoms with Gasteiger partial charge in [0.2, 0.25) is 5.91 Å². The Morgan fingerprint density at radius 3 is 2.77 bits per heavy atom. The summed E-state index contributed by atoms with van der Waals surface area (Å²) in [7, 11) is 0. The zero-order valence-electron chi connectivity index (χ0n) is 15.3. The number of hydrogen-bond acceptors (Lipinski definition) is 6. The maximum atomic E-state index is 11.1. The molecule has 0 radical (unpaired) electrons. The van der Waals surface area contributed by atoms with E-state index in [-0.39, 0.29) is 11.9 Å². The van der Waals surface area contributed by atoms with Crippen molar-refractivity contribution in [3.05, 3.63) is 42.1 Å². The Morgan fingerprint density at radius 1 is 1.23 bits per heavy atom. The fraction of sp³-hybridized carbons (Fsp3) is 0.474. The second kappa shape index (κ2) is 8.60. The van der Waals surface area contributed by atoms with Crippen LogP contribution in [0.5, 0.6) is 0 Å². The van der Waals surface area contributed by atoms with E-state index in [0.29, 0.717) is 5.92 Å². The topological polar surface area (TPSA) is 91.8 Å². The third-order valence-electron chi connectivity index (χ3n) is 4.47. The van der Waals surface area contributed by atoms with E-state index < -0.39 is 0 Å². The van der Waals surface area contributed by atoms with E-state index in [1.807, 2.05) is 31.3 Å². The first-order chi connectivity index (χ1) is 12.6. The Labute approximate surface area is 154 Å². The molecule has 2 heterocycles. The number of nitrogens with zero attached hydrogens (tertiary/aromatic N) is 3. The molecule has 138 valence electrons. The first-order valence-electron chi connectivity index (χ1n) is 9.10. The van der Waals surface area contributed by atoms with Crippen molar-refractivity contribution in [2.24, 2.45) is 0 Å². The number of carbonyl (C=O) groups excluding carboxylic acids is 1. The van der Waals surface area contributed by atoms with E-state index in [9.17, 15) is 4.79 Å². The summed E-state index contributed by atoms with van der Waals surface area (Å²) < 4.78 is 0. The highest BCUT2D eigenvalue weighted by atomic mass is 16.1. The summed E-state index contributed by atoms with van der Waals surface area (Å²) in [5.74, 6) is 2.09. The Kier molecular flexibility index (Phi) is 5.99. The molecule has 1 aliphatic carbocycles. The lowest BCUT2D eigenvalue weighted by Gasteiger charge is -2.35. The van der Waals surface area contributed by atoms with E-state index in [4.69, 9.17) is 0 Å². The molecule has 7 nitrogen and oxygen atoms in total. The van der Waals surface area contributed by atoms with Crippen LogP contribution in [0.1, 0.15) is 43.6 Å². The van der Waals surface area contributed by atoms with Gasteiger partial charge in [-0.15, -0.1) is 0 Å². The Bertz CT molecular complexity index is 730. The first kappa shape index (κ1) is 18.1. The van der Waals surface area contributed by atoms with E-state index >= 15 is 0 Å². The quantitative estimate of drug-likeness (QED) is 0.631. The van der Waals surface area contributed by atoms with Crippen molar-refractivity contribution in [3.63, 3.8) is 0 Å². The zero-order chi connectivity index (χ0) is 18.4. The van der Waals surface area contributed by atoms with Crippen molar-refractivity contribution in [1.82, 2.24) is 20.3 Å². The maximum Gasteiger partial charge on any atom is 0.217 e. The van der Waals surface area contributed by atoms with E-state index in [1.165, 1.54) is 0 Å². The van der Waals surface area contributed by atoms with Crippen LogP contribution in [0.3, 0.4) is 0 Å². The molecule has 0 unspecified atom stereocenters. The molecule has 0 atom stereocenters. The summed E-state index contributed by atoms with van der Waals surface area (Å²) in [4.78, 5) is 24.2. The predicted molar refractivity (Wildman–Crippen MR) is 102 cm³/mol. The molecule has 26 heavy (non-hydrogen) atoms. The number of hydrogen-bond donors (Lipinski definition) is 3. The molecule has 0 spiro atoms. The molecule has 2 aromatic heterocycles. The Balaban J connectivity index is 1.44. The van der Waals surface area contributed by atoms with Crippen molar-refractivity contribution in [2.45, 2.75) is 45.1 Å². The summed E-state index contributed by atoms with van der Waals surface area (Å²) in [5.41, 5.74) is 2.10. The van der Waals surface area contributed by atoms with Gasteiger partial charge in [0.25, 0.3) is 0 Å². The number of nitrogens with one attached hydrogen (secondary N) is 3. The van der Waals surface area contributed by atoms with Crippen molar-refractivity contribution in [1.29, 1.82) is 0 Å². The molecule has 0 aromatic carbocycles. The molecule has 1 aliphatic rings. The van der Waals surface area contributed by atoms with Gasteiger partial charge < -0.3 is 16.0 Å². The molecular formula is C19H26N6O. The largest absolute Gasteiger partial charge is 0.384 e. The van der Waals surface area contributed by atoms with Crippen molar-refractivity contribution in [3.8, 4) is 0 Å². The predicted octanol–water partition coefficient (Wildman–Crippen LogP) is 2.48. The highest BCUT2D eigenvalue weighted by molar-refractivity contribution is 5.73. The van der Waals surface area contributed by atoms with Gasteiger partial charge in [-0.2, -0.15) is 0 Å². The molecule has 3 N–H and O–H groups in total. The highest BCUT2D eigenvalue weighted by Gasteiger charge is 2.32. The minimum atomic E-state index is 0.0366. The van der Waals surface area contributed by atoms with Crippen molar-refractivity contribution >= 4 is 17.4 Å². The third kappa shape index (κ3) is 5.15.